The van der Waals surface area contributed by atoms with Gasteiger partial charge in [-0.3, -0.25) is 9.59 Å². The van der Waals surface area contributed by atoms with Crippen molar-refractivity contribution in [2.75, 3.05) is 13.1 Å². The molecule has 3 saturated carbocycles. The third-order valence-corrected chi connectivity index (χ3v) is 12.7. The van der Waals surface area contributed by atoms with E-state index in [1.54, 1.807) is 6.08 Å². The zero-order chi connectivity index (χ0) is 27.9. The second kappa shape index (κ2) is 8.70. The predicted molar refractivity (Wildman–Crippen MR) is 153 cm³/mol. The number of aliphatic hydroxyl groups is 1. The van der Waals surface area contributed by atoms with Crippen molar-refractivity contribution in [1.29, 1.82) is 0 Å². The molecule has 5 aliphatic rings. The molecule has 0 heterocycles. The summed E-state index contributed by atoms with van der Waals surface area (Å²) in [6, 6.07) is 0. The first-order chi connectivity index (χ1) is 17.8. The summed E-state index contributed by atoms with van der Waals surface area (Å²) in [5, 5.41) is 10.4. The van der Waals surface area contributed by atoms with Crippen molar-refractivity contribution in [3.8, 4) is 0 Å². The maximum absolute atomic E-state index is 13.9. The zero-order valence-electron chi connectivity index (χ0n) is 25.1. The van der Waals surface area contributed by atoms with E-state index < -0.39 is 0 Å². The molecule has 5 aliphatic carbocycles. The van der Waals surface area contributed by atoms with Gasteiger partial charge in [0.2, 0.25) is 11.7 Å². The van der Waals surface area contributed by atoms with Crippen LogP contribution < -0.4 is 0 Å². The highest BCUT2D eigenvalue weighted by Crippen LogP contribution is 2.76. The number of ketones is 1. The van der Waals surface area contributed by atoms with Crippen molar-refractivity contribution in [3.63, 3.8) is 0 Å². The van der Waals surface area contributed by atoms with Crippen LogP contribution in [0, 0.1) is 33.0 Å². The first kappa shape index (κ1) is 27.5. The van der Waals surface area contributed by atoms with Gasteiger partial charge >= 0.3 is 0 Å². The van der Waals surface area contributed by atoms with Gasteiger partial charge in [-0.25, -0.2) is 0 Å². The van der Waals surface area contributed by atoms with E-state index >= 15 is 0 Å². The van der Waals surface area contributed by atoms with Gasteiger partial charge in [-0.2, -0.15) is 0 Å². The molecule has 0 bridgehead atoms. The highest BCUT2D eigenvalue weighted by molar-refractivity contribution is 6.06. The molecule has 0 aliphatic heterocycles. The number of allylic oxidation sites excluding steroid dienone is 7. The number of nitrogens with zero attached hydrogens (tertiary/aromatic N) is 1. The Bertz CT molecular complexity index is 1200. The first-order valence-electron chi connectivity index (χ1n) is 15.2. The van der Waals surface area contributed by atoms with E-state index in [1.807, 2.05) is 6.92 Å². The molecule has 4 heteroatoms. The Morgan fingerprint density at radius 2 is 1.63 bits per heavy atom. The van der Waals surface area contributed by atoms with E-state index in [0.717, 1.165) is 69.2 Å². The second-order valence-corrected chi connectivity index (χ2v) is 14.2. The number of hydrogen-bond acceptors (Lipinski definition) is 3. The Kier molecular flexibility index (Phi) is 6.29. The van der Waals surface area contributed by atoms with E-state index in [2.05, 4.69) is 65.5 Å². The van der Waals surface area contributed by atoms with Gasteiger partial charge in [-0.15, -0.1) is 0 Å². The van der Waals surface area contributed by atoms with Gasteiger partial charge in [0.1, 0.15) is 0 Å². The largest absolute Gasteiger partial charge is 0.504 e. The normalized spacial score (nSPS) is 42.2. The average molecular weight is 520 g/mol. The van der Waals surface area contributed by atoms with Crippen LogP contribution in [0.15, 0.2) is 46.3 Å². The fourth-order valence-corrected chi connectivity index (χ4v) is 10.1. The van der Waals surface area contributed by atoms with Crippen molar-refractivity contribution in [2.45, 2.75) is 107 Å². The minimum atomic E-state index is -0.302. The fraction of sp³-hybridized carbons (Fsp3) is 0.706. The molecule has 0 aromatic heterocycles. The van der Waals surface area contributed by atoms with E-state index in [4.69, 9.17) is 0 Å². The van der Waals surface area contributed by atoms with Crippen LogP contribution in [0.5, 0.6) is 0 Å². The Morgan fingerprint density at radius 3 is 2.26 bits per heavy atom. The summed E-state index contributed by atoms with van der Waals surface area (Å²) >= 11 is 0. The summed E-state index contributed by atoms with van der Waals surface area (Å²) < 4.78 is 0. The smallest absolute Gasteiger partial charge is 0.228 e. The number of amides is 1. The lowest BCUT2D eigenvalue weighted by Gasteiger charge is -2.71. The number of aliphatic hydroxyl groups excluding tert-OH is 1. The van der Waals surface area contributed by atoms with Crippen LogP contribution in [0.4, 0.5) is 0 Å². The Morgan fingerprint density at radius 1 is 0.974 bits per heavy atom. The molecule has 1 amide bonds. The summed E-state index contributed by atoms with van der Waals surface area (Å²) in [6.45, 7) is 19.7. The molecule has 0 spiro atoms. The van der Waals surface area contributed by atoms with E-state index in [9.17, 15) is 14.7 Å². The summed E-state index contributed by atoms with van der Waals surface area (Å²) in [4.78, 5) is 28.7. The Balaban J connectivity index is 1.62. The van der Waals surface area contributed by atoms with Crippen molar-refractivity contribution in [1.82, 2.24) is 4.90 Å². The fourth-order valence-electron chi connectivity index (χ4n) is 10.1. The molecule has 4 nitrogen and oxygen atoms in total. The number of fused-ring (bicyclic) bond motifs is 7. The summed E-state index contributed by atoms with van der Waals surface area (Å²) in [5.74, 6) is 0.462. The molecule has 0 unspecified atom stereocenters. The van der Waals surface area contributed by atoms with E-state index in [0.29, 0.717) is 17.4 Å². The lowest BCUT2D eigenvalue weighted by atomic mass is 9.33. The average Bonchev–Trinajstić information content (AvgIpc) is 2.89. The molecule has 0 aromatic carbocycles. The SMILES string of the molecule is CCN(CC)C(=O)[C@]1(C)CC[C@]2(C)CC[C@]3(C)C4=CC=C5C(=CC(=O)C(O)=C5C)[C@]4(C)CC[C@@]3(CC)[C@@H]2C1. The lowest BCUT2D eigenvalue weighted by molar-refractivity contribution is -0.181. The lowest BCUT2D eigenvalue weighted by Crippen LogP contribution is -2.63. The van der Waals surface area contributed by atoms with Crippen LogP contribution in [0.3, 0.4) is 0 Å². The van der Waals surface area contributed by atoms with Gasteiger partial charge in [0.25, 0.3) is 0 Å². The van der Waals surface area contributed by atoms with Gasteiger partial charge in [0.05, 0.1) is 0 Å². The molecule has 3 fully saturated rings. The molecule has 5 rings (SSSR count). The molecule has 6 atom stereocenters. The van der Waals surface area contributed by atoms with Crippen molar-refractivity contribution < 1.29 is 14.7 Å². The van der Waals surface area contributed by atoms with Crippen LogP contribution in [0.25, 0.3) is 0 Å². The molecule has 38 heavy (non-hydrogen) atoms. The summed E-state index contributed by atoms with van der Waals surface area (Å²) in [7, 11) is 0. The van der Waals surface area contributed by atoms with Crippen LogP contribution >= 0.6 is 0 Å². The third-order valence-electron chi connectivity index (χ3n) is 12.7. The van der Waals surface area contributed by atoms with Crippen molar-refractivity contribution in [2.24, 2.45) is 33.0 Å². The summed E-state index contributed by atoms with van der Waals surface area (Å²) in [5.41, 5.74) is 4.16. The molecule has 208 valence electrons. The Hall–Kier alpha value is -2.10. The van der Waals surface area contributed by atoms with Gasteiger partial charge in [0, 0.05) is 29.5 Å². The first-order valence-corrected chi connectivity index (χ1v) is 15.2. The van der Waals surface area contributed by atoms with Crippen LogP contribution in [-0.2, 0) is 9.59 Å². The minimum Gasteiger partial charge on any atom is -0.504 e. The highest BCUT2D eigenvalue weighted by atomic mass is 16.3. The number of carbonyl (C=O) groups excluding carboxylic acids is 2. The minimum absolute atomic E-state index is 0.00154. The van der Waals surface area contributed by atoms with E-state index in [1.165, 1.54) is 12.0 Å². The van der Waals surface area contributed by atoms with Crippen LogP contribution in [0.1, 0.15) is 107 Å². The maximum Gasteiger partial charge on any atom is 0.228 e. The van der Waals surface area contributed by atoms with Gasteiger partial charge in [0.15, 0.2) is 5.76 Å². The molecular weight excluding hydrogens is 470 g/mol. The van der Waals surface area contributed by atoms with Crippen LogP contribution in [0.2, 0.25) is 0 Å². The molecule has 1 N–H and O–H groups in total. The number of hydrogen-bond donors (Lipinski definition) is 1. The molecule has 0 aromatic rings. The number of carbonyl (C=O) groups is 2. The van der Waals surface area contributed by atoms with Crippen molar-refractivity contribution >= 4 is 11.7 Å². The van der Waals surface area contributed by atoms with Gasteiger partial charge in [-0.05, 0) is 112 Å². The predicted octanol–water partition coefficient (Wildman–Crippen LogP) is 7.87. The van der Waals surface area contributed by atoms with E-state index in [-0.39, 0.29) is 38.6 Å². The monoisotopic (exact) mass is 519 g/mol. The second-order valence-electron chi connectivity index (χ2n) is 14.2. The van der Waals surface area contributed by atoms with Gasteiger partial charge in [-0.1, -0.05) is 52.3 Å². The van der Waals surface area contributed by atoms with Gasteiger partial charge < -0.3 is 10.0 Å². The number of rotatable bonds is 4. The standard InChI is InChI=1S/C34H49NO3/c1-9-34-19-17-32(7)24-20-25(36)28(37)22(4)23(24)12-13-26(32)33(34,8)18-16-30(5)14-15-31(6,21-27(30)34)29(38)35(10-2)11-3/h12-13,20,27,37H,9-11,14-19,21H2,1-8H3/t27-,30-,31-,32+,33-,34+/m1/s1. The van der Waals surface area contributed by atoms with Crippen LogP contribution in [-0.4, -0.2) is 34.8 Å². The maximum atomic E-state index is 13.9. The summed E-state index contributed by atoms with van der Waals surface area (Å²) in [6.07, 6.45) is 14.9. The Labute approximate surface area is 230 Å². The molecular formula is C34H49NO3. The van der Waals surface area contributed by atoms with Crippen molar-refractivity contribution in [3.05, 3.63) is 46.3 Å². The zero-order valence-corrected chi connectivity index (χ0v) is 25.1. The molecule has 0 saturated heterocycles. The third kappa shape index (κ3) is 3.33. The topological polar surface area (TPSA) is 57.6 Å². The quantitative estimate of drug-likeness (QED) is 0.411. The molecule has 0 radical (unpaired) electrons. The highest BCUT2D eigenvalue weighted by Gasteiger charge is 2.68.